The summed E-state index contributed by atoms with van der Waals surface area (Å²) in [5.41, 5.74) is 10.1. The molecule has 2 N–H and O–H groups in total. The number of carbonyl (C=O) groups is 1. The third-order valence-corrected chi connectivity index (χ3v) is 4.54. The molecule has 26 heavy (non-hydrogen) atoms. The molecule has 3 aromatic rings. The van der Waals surface area contributed by atoms with Crippen LogP contribution < -0.4 is 5.73 Å². The molecule has 2 aromatic carbocycles. The minimum atomic E-state index is -0.440. The van der Waals surface area contributed by atoms with Crippen LogP contribution in [0.2, 0.25) is 0 Å². The maximum Gasteiger partial charge on any atom is 0.269 e. The van der Waals surface area contributed by atoms with E-state index in [4.69, 9.17) is 5.73 Å². The zero-order chi connectivity index (χ0) is 18.3. The van der Waals surface area contributed by atoms with Crippen LogP contribution in [0.5, 0.6) is 0 Å². The van der Waals surface area contributed by atoms with Gasteiger partial charge in [-0.3, -0.25) is 14.9 Å². The SMILES string of the molecule is Nc1cccc(-c2nn(-c3ccc([N+](=O)[O-])cc3)c3c2C(=O)CCC3)c1. The van der Waals surface area contributed by atoms with Crippen molar-refractivity contribution in [1.82, 2.24) is 9.78 Å². The molecular formula is C19H16N4O3. The van der Waals surface area contributed by atoms with Crippen molar-refractivity contribution in [3.8, 4) is 16.9 Å². The molecule has 4 rings (SSSR count). The van der Waals surface area contributed by atoms with E-state index in [-0.39, 0.29) is 11.5 Å². The van der Waals surface area contributed by atoms with Crippen LogP contribution in [0.1, 0.15) is 28.9 Å². The van der Waals surface area contributed by atoms with E-state index in [2.05, 4.69) is 5.10 Å². The third kappa shape index (κ3) is 2.63. The first-order valence-electron chi connectivity index (χ1n) is 8.30. The average molecular weight is 348 g/mol. The largest absolute Gasteiger partial charge is 0.399 e. The number of anilines is 1. The second-order valence-corrected chi connectivity index (χ2v) is 6.26. The van der Waals surface area contributed by atoms with Crippen molar-refractivity contribution in [2.24, 2.45) is 0 Å². The standard InChI is InChI=1S/C19H16N4O3/c20-13-4-1-3-12(11-13)19-18-16(5-2-6-17(18)24)22(21-19)14-7-9-15(10-8-14)23(25)26/h1,3-4,7-11H,2,5-6,20H2. The molecule has 0 bridgehead atoms. The van der Waals surface area contributed by atoms with Gasteiger partial charge in [-0.2, -0.15) is 5.10 Å². The van der Waals surface area contributed by atoms with Crippen molar-refractivity contribution in [3.05, 3.63) is 69.9 Å². The lowest BCUT2D eigenvalue weighted by atomic mass is 9.92. The van der Waals surface area contributed by atoms with Crippen molar-refractivity contribution < 1.29 is 9.72 Å². The molecule has 0 fully saturated rings. The van der Waals surface area contributed by atoms with Gasteiger partial charge in [0.25, 0.3) is 5.69 Å². The lowest BCUT2D eigenvalue weighted by Crippen LogP contribution is -2.13. The molecule has 130 valence electrons. The van der Waals surface area contributed by atoms with Gasteiger partial charge >= 0.3 is 0 Å². The quantitative estimate of drug-likeness (QED) is 0.443. The van der Waals surface area contributed by atoms with Gasteiger partial charge in [0.2, 0.25) is 0 Å². The van der Waals surface area contributed by atoms with Crippen LogP contribution >= 0.6 is 0 Å². The van der Waals surface area contributed by atoms with Crippen molar-refractivity contribution in [2.75, 3.05) is 5.73 Å². The fourth-order valence-electron chi connectivity index (χ4n) is 3.34. The fourth-order valence-corrected chi connectivity index (χ4v) is 3.34. The summed E-state index contributed by atoms with van der Waals surface area (Å²) in [6, 6.07) is 13.5. The number of non-ortho nitro benzene ring substituents is 1. The first-order valence-corrected chi connectivity index (χ1v) is 8.30. The molecule has 0 spiro atoms. The number of nitrogens with zero attached hydrogens (tertiary/aromatic N) is 3. The zero-order valence-electron chi connectivity index (χ0n) is 13.9. The van der Waals surface area contributed by atoms with Crippen LogP contribution in [-0.2, 0) is 6.42 Å². The molecule has 1 heterocycles. The Morgan fingerprint density at radius 3 is 2.58 bits per heavy atom. The molecule has 1 aliphatic rings. The second-order valence-electron chi connectivity index (χ2n) is 6.26. The van der Waals surface area contributed by atoms with Gasteiger partial charge in [0.1, 0.15) is 5.69 Å². The van der Waals surface area contributed by atoms with Gasteiger partial charge in [0.05, 0.1) is 21.9 Å². The van der Waals surface area contributed by atoms with Crippen LogP contribution in [0.4, 0.5) is 11.4 Å². The molecule has 0 saturated heterocycles. The molecule has 0 radical (unpaired) electrons. The predicted octanol–water partition coefficient (Wildman–Crippen LogP) is 3.55. The summed E-state index contributed by atoms with van der Waals surface area (Å²) in [7, 11) is 0. The van der Waals surface area contributed by atoms with E-state index in [1.807, 2.05) is 12.1 Å². The number of nitrogens with two attached hydrogens (primary N) is 1. The maximum absolute atomic E-state index is 12.6. The fraction of sp³-hybridized carbons (Fsp3) is 0.158. The number of fused-ring (bicyclic) bond motifs is 1. The molecule has 1 aromatic heterocycles. The van der Waals surface area contributed by atoms with Crippen molar-refractivity contribution in [3.63, 3.8) is 0 Å². The van der Waals surface area contributed by atoms with Crippen LogP contribution in [0, 0.1) is 10.1 Å². The minimum Gasteiger partial charge on any atom is -0.399 e. The average Bonchev–Trinajstić information content (AvgIpc) is 3.03. The summed E-state index contributed by atoms with van der Waals surface area (Å²) in [4.78, 5) is 23.0. The number of nitro groups is 1. The van der Waals surface area contributed by atoms with E-state index in [0.717, 1.165) is 24.1 Å². The summed E-state index contributed by atoms with van der Waals surface area (Å²) in [5, 5.41) is 15.5. The van der Waals surface area contributed by atoms with Gasteiger partial charge < -0.3 is 5.73 Å². The lowest BCUT2D eigenvalue weighted by Gasteiger charge is -2.13. The van der Waals surface area contributed by atoms with Crippen LogP contribution in [-0.4, -0.2) is 20.5 Å². The molecule has 0 atom stereocenters. The Labute approximate surface area is 149 Å². The van der Waals surface area contributed by atoms with Crippen LogP contribution in [0.15, 0.2) is 48.5 Å². The molecule has 0 unspecified atom stereocenters. The molecule has 7 heteroatoms. The van der Waals surface area contributed by atoms with E-state index in [1.54, 1.807) is 28.9 Å². The predicted molar refractivity (Wildman–Crippen MR) is 97.3 cm³/mol. The van der Waals surface area contributed by atoms with E-state index < -0.39 is 4.92 Å². The van der Waals surface area contributed by atoms with Crippen molar-refractivity contribution in [2.45, 2.75) is 19.3 Å². The first kappa shape index (κ1) is 16.0. The number of aromatic nitrogens is 2. The van der Waals surface area contributed by atoms with Gasteiger partial charge in [0.15, 0.2) is 5.78 Å². The monoisotopic (exact) mass is 348 g/mol. The second kappa shape index (κ2) is 6.11. The Balaban J connectivity index is 1.90. The first-order chi connectivity index (χ1) is 12.5. The number of hydrogen-bond acceptors (Lipinski definition) is 5. The van der Waals surface area contributed by atoms with Gasteiger partial charge in [-0.05, 0) is 37.1 Å². The summed E-state index contributed by atoms with van der Waals surface area (Å²) < 4.78 is 1.72. The van der Waals surface area contributed by atoms with E-state index in [1.165, 1.54) is 12.1 Å². The number of carbonyl (C=O) groups excluding carboxylic acids is 1. The number of ketones is 1. The Hall–Kier alpha value is -3.48. The van der Waals surface area contributed by atoms with Crippen LogP contribution in [0.3, 0.4) is 0 Å². The third-order valence-electron chi connectivity index (χ3n) is 4.54. The number of rotatable bonds is 3. The van der Waals surface area contributed by atoms with Gasteiger partial charge in [-0.1, -0.05) is 12.1 Å². The maximum atomic E-state index is 12.6. The number of benzene rings is 2. The molecule has 7 nitrogen and oxygen atoms in total. The molecule has 0 amide bonds. The molecule has 0 saturated carbocycles. The summed E-state index contributed by atoms with van der Waals surface area (Å²) in [6.45, 7) is 0. The zero-order valence-corrected chi connectivity index (χ0v) is 13.9. The molecule has 0 aliphatic heterocycles. The highest BCUT2D eigenvalue weighted by molar-refractivity contribution is 6.03. The molecular weight excluding hydrogens is 332 g/mol. The van der Waals surface area contributed by atoms with Crippen LogP contribution in [0.25, 0.3) is 16.9 Å². The normalized spacial score (nSPS) is 13.5. The Morgan fingerprint density at radius 1 is 1.12 bits per heavy atom. The minimum absolute atomic E-state index is 0.0157. The smallest absolute Gasteiger partial charge is 0.269 e. The summed E-state index contributed by atoms with van der Waals surface area (Å²) in [6.07, 6.45) is 1.99. The Morgan fingerprint density at radius 2 is 1.88 bits per heavy atom. The van der Waals surface area contributed by atoms with Gasteiger partial charge in [-0.15, -0.1) is 0 Å². The Kier molecular flexibility index (Phi) is 3.76. The van der Waals surface area contributed by atoms with E-state index >= 15 is 0 Å². The highest BCUT2D eigenvalue weighted by Gasteiger charge is 2.28. The number of hydrogen-bond donors (Lipinski definition) is 1. The summed E-state index contributed by atoms with van der Waals surface area (Å²) >= 11 is 0. The van der Waals surface area contributed by atoms with Crippen molar-refractivity contribution >= 4 is 17.2 Å². The van der Waals surface area contributed by atoms with E-state index in [9.17, 15) is 14.9 Å². The van der Waals surface area contributed by atoms with Gasteiger partial charge in [0, 0.05) is 29.8 Å². The molecule has 1 aliphatic carbocycles. The van der Waals surface area contributed by atoms with Gasteiger partial charge in [-0.25, -0.2) is 4.68 Å². The van der Waals surface area contributed by atoms with E-state index in [0.29, 0.717) is 29.1 Å². The topological polar surface area (TPSA) is 104 Å². The highest BCUT2D eigenvalue weighted by Crippen LogP contribution is 2.33. The lowest BCUT2D eigenvalue weighted by molar-refractivity contribution is -0.384. The summed E-state index contributed by atoms with van der Waals surface area (Å²) in [5.74, 6) is 0.0665. The highest BCUT2D eigenvalue weighted by atomic mass is 16.6. The number of nitro benzene ring substituents is 1. The van der Waals surface area contributed by atoms with Crippen molar-refractivity contribution in [1.29, 1.82) is 0 Å². The number of nitrogen functional groups attached to an aromatic ring is 1. The Bertz CT molecular complexity index is 1020. The number of Topliss-reactive ketones (excluding diaryl/α,β-unsaturated/α-hetero) is 1.